The summed E-state index contributed by atoms with van der Waals surface area (Å²) in [4.78, 5) is 24.0. The molecule has 0 aromatic heterocycles. The van der Waals surface area contributed by atoms with Crippen LogP contribution in [0.25, 0.3) is 11.1 Å². The lowest BCUT2D eigenvalue weighted by atomic mass is 9.98. The van der Waals surface area contributed by atoms with Crippen molar-refractivity contribution in [1.82, 2.24) is 5.32 Å². The van der Waals surface area contributed by atoms with E-state index in [1.807, 2.05) is 48.5 Å². The lowest BCUT2D eigenvalue weighted by Crippen LogP contribution is -2.45. The zero-order chi connectivity index (χ0) is 22.0. The van der Waals surface area contributed by atoms with Gasteiger partial charge in [0.05, 0.1) is 0 Å². The topological polar surface area (TPSA) is 95.9 Å². The number of halogens is 1. The van der Waals surface area contributed by atoms with Crippen molar-refractivity contribution >= 4 is 12.1 Å². The molecular weight excluding hydrogens is 401 g/mol. The van der Waals surface area contributed by atoms with Gasteiger partial charge in [0.25, 0.3) is 0 Å². The molecule has 158 valence electrons. The largest absolute Gasteiger partial charge is 0.480 e. The highest BCUT2D eigenvalue weighted by atomic mass is 19.1. The number of alkyl carbamates (subject to hydrolysis) is 1. The third-order valence-corrected chi connectivity index (χ3v) is 5.42. The first-order valence-electron chi connectivity index (χ1n) is 9.74. The summed E-state index contributed by atoms with van der Waals surface area (Å²) in [5.41, 5.74) is 3.92. The number of amides is 1. The summed E-state index contributed by atoms with van der Waals surface area (Å²) >= 11 is 0. The molecule has 3 aromatic rings. The van der Waals surface area contributed by atoms with Gasteiger partial charge in [-0.05, 0) is 28.3 Å². The molecule has 0 saturated heterocycles. The third-order valence-electron chi connectivity index (χ3n) is 5.42. The van der Waals surface area contributed by atoms with Crippen LogP contribution in [0.2, 0.25) is 0 Å². The van der Waals surface area contributed by atoms with Crippen molar-refractivity contribution in [2.45, 2.75) is 18.1 Å². The minimum atomic E-state index is -1.78. The summed E-state index contributed by atoms with van der Waals surface area (Å²) < 4.78 is 19.3. The average molecular weight is 421 g/mol. The van der Waals surface area contributed by atoms with Gasteiger partial charge in [0.2, 0.25) is 0 Å². The molecule has 0 fully saturated rings. The van der Waals surface area contributed by atoms with E-state index in [4.69, 9.17) is 4.74 Å². The van der Waals surface area contributed by atoms with Crippen LogP contribution in [0.4, 0.5) is 9.18 Å². The number of carboxylic acid groups (broad SMARTS) is 1. The predicted molar refractivity (Wildman–Crippen MR) is 111 cm³/mol. The summed E-state index contributed by atoms with van der Waals surface area (Å²) in [5, 5.41) is 21.9. The number of aliphatic hydroxyl groups excluding tert-OH is 1. The number of carboxylic acids is 1. The molecule has 0 bridgehead atoms. The number of aliphatic hydroxyl groups is 1. The molecule has 0 spiro atoms. The van der Waals surface area contributed by atoms with E-state index in [2.05, 4.69) is 5.32 Å². The van der Waals surface area contributed by atoms with Crippen LogP contribution in [0.5, 0.6) is 0 Å². The molecule has 0 unspecified atom stereocenters. The Balaban J connectivity index is 1.47. The van der Waals surface area contributed by atoms with E-state index in [0.29, 0.717) is 0 Å². The predicted octanol–water partition coefficient (Wildman–Crippen LogP) is 3.85. The van der Waals surface area contributed by atoms with Gasteiger partial charge in [-0.15, -0.1) is 0 Å². The maximum Gasteiger partial charge on any atom is 0.407 e. The molecule has 0 radical (unpaired) electrons. The van der Waals surface area contributed by atoms with Crippen LogP contribution in [0.1, 0.15) is 28.7 Å². The van der Waals surface area contributed by atoms with Gasteiger partial charge in [0.15, 0.2) is 6.04 Å². The standard InChI is InChI=1S/C24H20FNO5/c25-20-12-6-5-11-18(20)22(27)21(23(28)29)26-24(30)31-13-19-16-9-3-1-7-14(16)15-8-2-4-10-17(15)19/h1-12,19,21-22,27H,13H2,(H,26,30)(H,28,29)/t21-,22+/m0/s1. The van der Waals surface area contributed by atoms with Crippen molar-refractivity contribution in [3.8, 4) is 11.1 Å². The van der Waals surface area contributed by atoms with Gasteiger partial charge in [0.1, 0.15) is 18.5 Å². The number of carbonyl (C=O) groups is 2. The third kappa shape index (κ3) is 4.00. The van der Waals surface area contributed by atoms with Crippen molar-refractivity contribution in [3.05, 3.63) is 95.3 Å². The molecule has 3 N–H and O–H groups in total. The molecule has 0 saturated carbocycles. The Bertz CT molecular complexity index is 1090. The number of ether oxygens (including phenoxy) is 1. The second-order valence-corrected chi connectivity index (χ2v) is 7.25. The van der Waals surface area contributed by atoms with Gasteiger partial charge >= 0.3 is 12.1 Å². The first-order chi connectivity index (χ1) is 15.0. The SMILES string of the molecule is O=C(N[C@H](C(=O)O)[C@H](O)c1ccccc1F)OCC1c2ccccc2-c2ccccc21. The number of carbonyl (C=O) groups excluding carboxylic acids is 1. The Morgan fingerprint density at radius 1 is 0.935 bits per heavy atom. The molecule has 0 heterocycles. The lowest BCUT2D eigenvalue weighted by Gasteiger charge is -2.21. The second-order valence-electron chi connectivity index (χ2n) is 7.25. The highest BCUT2D eigenvalue weighted by molar-refractivity contribution is 5.81. The minimum absolute atomic E-state index is 0.0119. The van der Waals surface area contributed by atoms with E-state index >= 15 is 0 Å². The monoisotopic (exact) mass is 421 g/mol. The van der Waals surface area contributed by atoms with E-state index < -0.39 is 30.0 Å². The summed E-state index contributed by atoms with van der Waals surface area (Å²) in [6.45, 7) is -0.0119. The molecular formula is C24H20FNO5. The first kappa shape index (κ1) is 20.6. The summed E-state index contributed by atoms with van der Waals surface area (Å²) in [6, 6.07) is 19.1. The molecule has 1 amide bonds. The van der Waals surface area contributed by atoms with E-state index in [-0.39, 0.29) is 18.1 Å². The molecule has 0 aliphatic heterocycles. The normalized spacial score (nSPS) is 14.3. The zero-order valence-corrected chi connectivity index (χ0v) is 16.4. The van der Waals surface area contributed by atoms with Gasteiger partial charge in [-0.2, -0.15) is 0 Å². The molecule has 1 aliphatic rings. The Kier molecular flexibility index (Phi) is 5.68. The fourth-order valence-electron chi connectivity index (χ4n) is 3.94. The summed E-state index contributed by atoms with van der Waals surface area (Å²) in [6.07, 6.45) is -2.79. The van der Waals surface area contributed by atoms with E-state index in [1.165, 1.54) is 18.2 Å². The molecule has 4 rings (SSSR count). The minimum Gasteiger partial charge on any atom is -0.480 e. The van der Waals surface area contributed by atoms with Crippen molar-refractivity contribution in [2.75, 3.05) is 6.61 Å². The Morgan fingerprint density at radius 2 is 1.48 bits per heavy atom. The van der Waals surface area contributed by atoms with E-state index in [0.717, 1.165) is 28.3 Å². The lowest BCUT2D eigenvalue weighted by molar-refractivity contribution is -0.142. The quantitative estimate of drug-likeness (QED) is 0.562. The van der Waals surface area contributed by atoms with Crippen molar-refractivity contribution in [3.63, 3.8) is 0 Å². The Hall–Kier alpha value is -3.71. The summed E-state index contributed by atoms with van der Waals surface area (Å²) in [5.74, 6) is -2.47. The zero-order valence-electron chi connectivity index (χ0n) is 16.4. The van der Waals surface area contributed by atoms with Crippen LogP contribution in [0.3, 0.4) is 0 Å². The van der Waals surface area contributed by atoms with E-state index in [1.54, 1.807) is 0 Å². The maximum atomic E-state index is 13.9. The number of nitrogens with one attached hydrogen (secondary N) is 1. The van der Waals surface area contributed by atoms with Gasteiger partial charge < -0.3 is 20.3 Å². The number of aliphatic carboxylic acids is 1. The fraction of sp³-hybridized carbons (Fsp3) is 0.167. The second kappa shape index (κ2) is 8.57. The molecule has 7 heteroatoms. The number of hydrogen-bond acceptors (Lipinski definition) is 4. The average Bonchev–Trinajstić information content (AvgIpc) is 3.09. The van der Waals surface area contributed by atoms with Gasteiger partial charge in [-0.1, -0.05) is 66.7 Å². The van der Waals surface area contributed by atoms with Crippen LogP contribution in [0.15, 0.2) is 72.8 Å². The Labute approximate surface area is 177 Å². The molecule has 2 atom stereocenters. The summed E-state index contributed by atoms with van der Waals surface area (Å²) in [7, 11) is 0. The van der Waals surface area contributed by atoms with Crippen molar-refractivity contribution < 1.29 is 28.9 Å². The molecule has 6 nitrogen and oxygen atoms in total. The van der Waals surface area contributed by atoms with Crippen LogP contribution >= 0.6 is 0 Å². The number of benzene rings is 3. The van der Waals surface area contributed by atoms with Crippen molar-refractivity contribution in [1.29, 1.82) is 0 Å². The van der Waals surface area contributed by atoms with Crippen LogP contribution in [-0.2, 0) is 9.53 Å². The van der Waals surface area contributed by atoms with Gasteiger partial charge in [0, 0.05) is 11.5 Å². The molecule has 31 heavy (non-hydrogen) atoms. The van der Waals surface area contributed by atoms with Crippen LogP contribution < -0.4 is 5.32 Å². The Morgan fingerprint density at radius 3 is 2.06 bits per heavy atom. The highest BCUT2D eigenvalue weighted by Gasteiger charge is 2.33. The number of fused-ring (bicyclic) bond motifs is 3. The number of rotatable bonds is 6. The fourth-order valence-corrected chi connectivity index (χ4v) is 3.94. The molecule has 1 aliphatic carbocycles. The highest BCUT2D eigenvalue weighted by Crippen LogP contribution is 2.44. The molecule has 3 aromatic carbocycles. The van der Waals surface area contributed by atoms with Crippen LogP contribution in [0, 0.1) is 5.82 Å². The van der Waals surface area contributed by atoms with Crippen LogP contribution in [-0.4, -0.2) is 34.9 Å². The van der Waals surface area contributed by atoms with Crippen molar-refractivity contribution in [2.24, 2.45) is 0 Å². The first-order valence-corrected chi connectivity index (χ1v) is 9.74. The maximum absolute atomic E-state index is 13.9. The van der Waals surface area contributed by atoms with E-state index in [9.17, 15) is 24.2 Å². The van der Waals surface area contributed by atoms with Gasteiger partial charge in [-0.25, -0.2) is 14.0 Å². The number of hydrogen-bond donors (Lipinski definition) is 3. The van der Waals surface area contributed by atoms with Gasteiger partial charge in [-0.3, -0.25) is 0 Å². The smallest absolute Gasteiger partial charge is 0.407 e.